The second kappa shape index (κ2) is 10.8. The van der Waals surface area contributed by atoms with Gasteiger partial charge in [0.2, 0.25) is 5.91 Å². The maximum atomic E-state index is 12.0. The fourth-order valence-corrected chi connectivity index (χ4v) is 2.38. The zero-order valence-corrected chi connectivity index (χ0v) is 15.0. The van der Waals surface area contributed by atoms with E-state index in [1.54, 1.807) is 6.08 Å². The molecule has 0 heterocycles. The Labute approximate surface area is 144 Å². The van der Waals surface area contributed by atoms with Crippen molar-refractivity contribution in [1.29, 1.82) is 0 Å². The first-order valence-electron chi connectivity index (χ1n) is 8.11. The number of amides is 1. The largest absolute Gasteiger partial charge is 0.494 e. The topological polar surface area (TPSA) is 41.6 Å². The van der Waals surface area contributed by atoms with Gasteiger partial charge in [-0.05, 0) is 55.8 Å². The number of nitrogens with zero attached hydrogens (tertiary/aromatic N) is 1. The summed E-state index contributed by atoms with van der Waals surface area (Å²) >= 11 is 5.30. The highest BCUT2D eigenvalue weighted by molar-refractivity contribution is 7.80. The number of nitrogens with one attached hydrogen (secondary N) is 1. The second-order valence-electron chi connectivity index (χ2n) is 5.12. The molecular weight excluding hydrogens is 308 g/mol. The molecule has 1 N–H and O–H groups in total. The van der Waals surface area contributed by atoms with Crippen molar-refractivity contribution >= 4 is 29.3 Å². The molecule has 0 saturated heterocycles. The molecule has 0 spiro atoms. The van der Waals surface area contributed by atoms with Gasteiger partial charge < -0.3 is 9.64 Å². The van der Waals surface area contributed by atoms with Crippen molar-refractivity contribution in [3.05, 3.63) is 35.9 Å². The van der Waals surface area contributed by atoms with Crippen LogP contribution in [0.15, 0.2) is 30.3 Å². The van der Waals surface area contributed by atoms with Crippen molar-refractivity contribution in [2.75, 3.05) is 19.7 Å². The van der Waals surface area contributed by atoms with E-state index in [2.05, 4.69) is 19.2 Å². The van der Waals surface area contributed by atoms with Crippen LogP contribution in [0, 0.1) is 0 Å². The van der Waals surface area contributed by atoms with Crippen molar-refractivity contribution in [1.82, 2.24) is 10.2 Å². The molecule has 0 atom stereocenters. The number of rotatable bonds is 8. The van der Waals surface area contributed by atoms with Gasteiger partial charge in [-0.15, -0.1) is 0 Å². The number of hydrogen-bond donors (Lipinski definition) is 1. The van der Waals surface area contributed by atoms with Gasteiger partial charge >= 0.3 is 0 Å². The second-order valence-corrected chi connectivity index (χ2v) is 5.50. The molecule has 0 bridgehead atoms. The van der Waals surface area contributed by atoms with Crippen molar-refractivity contribution in [2.24, 2.45) is 0 Å². The predicted octanol–water partition coefficient (Wildman–Crippen LogP) is 3.62. The zero-order chi connectivity index (χ0) is 17.1. The first-order chi connectivity index (χ1) is 11.1. The molecule has 126 valence electrons. The van der Waals surface area contributed by atoms with Crippen molar-refractivity contribution in [2.45, 2.75) is 33.6 Å². The number of carbonyl (C=O) groups excluding carboxylic acids is 1. The molecular formula is C18H26N2O2S. The molecule has 1 aromatic carbocycles. The minimum atomic E-state index is -0.207. The Morgan fingerprint density at radius 2 is 1.78 bits per heavy atom. The molecule has 1 amide bonds. The molecule has 0 aromatic heterocycles. The van der Waals surface area contributed by atoms with Gasteiger partial charge in [0.15, 0.2) is 5.11 Å². The molecule has 5 heteroatoms. The first kappa shape index (κ1) is 19.2. The summed E-state index contributed by atoms with van der Waals surface area (Å²) in [7, 11) is 0. The Morgan fingerprint density at radius 3 is 2.30 bits per heavy atom. The quantitative estimate of drug-likeness (QED) is 0.582. The van der Waals surface area contributed by atoms with Gasteiger partial charge in [0.05, 0.1) is 6.61 Å². The summed E-state index contributed by atoms with van der Waals surface area (Å²) in [6, 6.07) is 7.59. The molecule has 0 aliphatic rings. The summed E-state index contributed by atoms with van der Waals surface area (Å²) in [6.45, 7) is 8.49. The van der Waals surface area contributed by atoms with Crippen LogP contribution in [0.3, 0.4) is 0 Å². The molecule has 0 aliphatic carbocycles. The molecule has 0 fully saturated rings. The van der Waals surface area contributed by atoms with Gasteiger partial charge in [0, 0.05) is 19.2 Å². The summed E-state index contributed by atoms with van der Waals surface area (Å²) in [4.78, 5) is 14.0. The number of thiocarbonyl (C=S) groups is 1. The van der Waals surface area contributed by atoms with Crippen LogP contribution in [0.1, 0.15) is 39.2 Å². The molecule has 23 heavy (non-hydrogen) atoms. The lowest BCUT2D eigenvalue weighted by Crippen LogP contribution is -2.42. The predicted molar refractivity (Wildman–Crippen MR) is 99.5 cm³/mol. The standard InChI is InChI=1S/C18H26N2O2S/c1-4-13-20(14-5-2)18(23)19-17(21)12-9-15-7-10-16(11-8-15)22-6-3/h7-12H,4-6,13-14H2,1-3H3,(H,19,21,23)/b12-9+. The summed E-state index contributed by atoms with van der Waals surface area (Å²) in [5, 5.41) is 3.25. The minimum Gasteiger partial charge on any atom is -0.494 e. The third-order valence-corrected chi connectivity index (χ3v) is 3.48. The van der Waals surface area contributed by atoms with E-state index in [9.17, 15) is 4.79 Å². The fraction of sp³-hybridized carbons (Fsp3) is 0.444. The minimum absolute atomic E-state index is 0.207. The van der Waals surface area contributed by atoms with E-state index < -0.39 is 0 Å². The lowest BCUT2D eigenvalue weighted by atomic mass is 10.2. The van der Waals surface area contributed by atoms with Gasteiger partial charge in [0.25, 0.3) is 0 Å². The van der Waals surface area contributed by atoms with Gasteiger partial charge in [-0.1, -0.05) is 26.0 Å². The maximum absolute atomic E-state index is 12.0. The molecule has 0 radical (unpaired) electrons. The van der Waals surface area contributed by atoms with E-state index in [-0.39, 0.29) is 5.91 Å². The molecule has 0 unspecified atom stereocenters. The van der Waals surface area contributed by atoms with Crippen LogP contribution in [0.25, 0.3) is 6.08 Å². The Bertz CT molecular complexity index is 520. The van der Waals surface area contributed by atoms with Gasteiger partial charge in [0.1, 0.15) is 5.75 Å². The number of ether oxygens (including phenoxy) is 1. The van der Waals surface area contributed by atoms with E-state index in [1.807, 2.05) is 36.1 Å². The summed E-state index contributed by atoms with van der Waals surface area (Å²) < 4.78 is 5.39. The van der Waals surface area contributed by atoms with Crippen LogP contribution in [0.2, 0.25) is 0 Å². The molecule has 1 aromatic rings. The highest BCUT2D eigenvalue weighted by Crippen LogP contribution is 2.12. The third kappa shape index (κ3) is 7.28. The van der Waals surface area contributed by atoms with E-state index in [0.717, 1.165) is 37.2 Å². The lowest BCUT2D eigenvalue weighted by Gasteiger charge is -2.23. The van der Waals surface area contributed by atoms with E-state index in [0.29, 0.717) is 11.7 Å². The molecule has 0 saturated carbocycles. The van der Waals surface area contributed by atoms with Crippen LogP contribution in [0.4, 0.5) is 0 Å². The number of hydrogen-bond acceptors (Lipinski definition) is 3. The Morgan fingerprint density at radius 1 is 1.17 bits per heavy atom. The van der Waals surface area contributed by atoms with Crippen LogP contribution >= 0.6 is 12.2 Å². The molecule has 0 aliphatic heterocycles. The monoisotopic (exact) mass is 334 g/mol. The zero-order valence-electron chi connectivity index (χ0n) is 14.2. The summed E-state index contributed by atoms with van der Waals surface area (Å²) in [5.41, 5.74) is 0.938. The first-order valence-corrected chi connectivity index (χ1v) is 8.52. The SMILES string of the molecule is CCCN(CCC)C(=S)NC(=O)/C=C/c1ccc(OCC)cc1. The van der Waals surface area contributed by atoms with Crippen LogP contribution in [-0.2, 0) is 4.79 Å². The van der Waals surface area contributed by atoms with E-state index >= 15 is 0 Å². The van der Waals surface area contributed by atoms with Crippen molar-refractivity contribution in [3.63, 3.8) is 0 Å². The fourth-order valence-electron chi connectivity index (χ4n) is 2.09. The molecule has 1 rings (SSSR count). The van der Waals surface area contributed by atoms with Crippen LogP contribution < -0.4 is 10.1 Å². The molecule has 4 nitrogen and oxygen atoms in total. The number of carbonyl (C=O) groups is 1. The van der Waals surface area contributed by atoms with Crippen LogP contribution in [0.5, 0.6) is 5.75 Å². The maximum Gasteiger partial charge on any atom is 0.250 e. The van der Waals surface area contributed by atoms with Gasteiger partial charge in [-0.3, -0.25) is 10.1 Å². The highest BCUT2D eigenvalue weighted by atomic mass is 32.1. The average molecular weight is 334 g/mol. The summed E-state index contributed by atoms with van der Waals surface area (Å²) in [5.74, 6) is 0.617. The Balaban J connectivity index is 2.55. The number of benzene rings is 1. The smallest absolute Gasteiger partial charge is 0.250 e. The normalized spacial score (nSPS) is 10.6. The van der Waals surface area contributed by atoms with Crippen LogP contribution in [-0.4, -0.2) is 35.6 Å². The Kier molecular flexibility index (Phi) is 8.98. The van der Waals surface area contributed by atoms with Crippen molar-refractivity contribution < 1.29 is 9.53 Å². The Hall–Kier alpha value is -1.88. The lowest BCUT2D eigenvalue weighted by molar-refractivity contribution is -0.115. The van der Waals surface area contributed by atoms with Gasteiger partial charge in [-0.2, -0.15) is 0 Å². The van der Waals surface area contributed by atoms with E-state index in [1.165, 1.54) is 6.08 Å². The third-order valence-electron chi connectivity index (χ3n) is 3.12. The summed E-state index contributed by atoms with van der Waals surface area (Å²) in [6.07, 6.45) is 5.26. The van der Waals surface area contributed by atoms with Crippen molar-refractivity contribution in [3.8, 4) is 5.75 Å². The average Bonchev–Trinajstić information content (AvgIpc) is 2.54. The van der Waals surface area contributed by atoms with E-state index in [4.69, 9.17) is 17.0 Å². The van der Waals surface area contributed by atoms with Gasteiger partial charge in [-0.25, -0.2) is 0 Å². The highest BCUT2D eigenvalue weighted by Gasteiger charge is 2.09.